The zero-order valence-corrected chi connectivity index (χ0v) is 23.9. The Morgan fingerprint density at radius 2 is 1.65 bits per heavy atom. The van der Waals surface area contributed by atoms with E-state index in [0.717, 1.165) is 52.6 Å². The minimum absolute atomic E-state index is 0.0513. The van der Waals surface area contributed by atoms with Crippen molar-refractivity contribution in [3.63, 3.8) is 0 Å². The Morgan fingerprint density at radius 1 is 0.946 bits per heavy atom. The molecule has 0 aliphatic heterocycles. The molecular formula is C30H32BrClN2O2S. The Kier molecular flexibility index (Phi) is 10.5. The number of carbonyl (C=O) groups is 2. The molecule has 4 rings (SSSR count). The molecule has 7 heteroatoms. The van der Waals surface area contributed by atoms with E-state index in [-0.39, 0.29) is 17.9 Å². The number of nitrogens with zero attached hydrogens (tertiary/aromatic N) is 1. The van der Waals surface area contributed by atoms with Crippen LogP contribution in [0.1, 0.15) is 42.4 Å². The van der Waals surface area contributed by atoms with E-state index in [1.807, 2.05) is 66.7 Å². The van der Waals surface area contributed by atoms with Crippen LogP contribution in [0.4, 0.5) is 0 Å². The lowest BCUT2D eigenvalue weighted by Gasteiger charge is -2.32. The fraction of sp³-hybridized carbons (Fsp3) is 0.333. The number of halogens is 2. The van der Waals surface area contributed by atoms with Crippen molar-refractivity contribution in [3.8, 4) is 0 Å². The summed E-state index contributed by atoms with van der Waals surface area (Å²) in [4.78, 5) is 29.2. The van der Waals surface area contributed by atoms with Gasteiger partial charge in [-0.2, -0.15) is 0 Å². The molecule has 194 valence electrons. The van der Waals surface area contributed by atoms with Crippen LogP contribution in [0.15, 0.2) is 83.3 Å². The third-order valence-electron chi connectivity index (χ3n) is 6.62. The summed E-state index contributed by atoms with van der Waals surface area (Å²) < 4.78 is 1.03. The summed E-state index contributed by atoms with van der Waals surface area (Å²) in [5, 5.41) is 3.86. The molecule has 3 aromatic rings. The number of hydrogen-bond donors (Lipinski definition) is 1. The third-order valence-corrected chi connectivity index (χ3v) is 8.37. The summed E-state index contributed by atoms with van der Waals surface area (Å²) >= 11 is 11.3. The summed E-state index contributed by atoms with van der Waals surface area (Å²) in [6, 6.07) is 25.1. The Bertz CT molecular complexity index is 1170. The van der Waals surface area contributed by atoms with Gasteiger partial charge in [-0.15, -0.1) is 11.8 Å². The van der Waals surface area contributed by atoms with Gasteiger partial charge in [0.25, 0.3) is 0 Å². The van der Waals surface area contributed by atoms with E-state index in [0.29, 0.717) is 23.7 Å². The lowest BCUT2D eigenvalue weighted by atomic mass is 10.0. The quantitative estimate of drug-likeness (QED) is 0.257. The smallest absolute Gasteiger partial charge is 0.243 e. The van der Waals surface area contributed by atoms with Gasteiger partial charge in [-0.1, -0.05) is 95.0 Å². The number of thioether (sulfide) groups is 1. The molecule has 1 saturated carbocycles. The van der Waals surface area contributed by atoms with Gasteiger partial charge in [-0.3, -0.25) is 9.59 Å². The molecule has 0 unspecified atom stereocenters. The van der Waals surface area contributed by atoms with Crippen molar-refractivity contribution in [1.29, 1.82) is 0 Å². The van der Waals surface area contributed by atoms with Crippen LogP contribution >= 0.6 is 39.3 Å². The molecule has 1 atom stereocenters. The van der Waals surface area contributed by atoms with Gasteiger partial charge >= 0.3 is 0 Å². The monoisotopic (exact) mass is 598 g/mol. The zero-order chi connectivity index (χ0) is 26.0. The van der Waals surface area contributed by atoms with Crippen molar-refractivity contribution in [1.82, 2.24) is 10.2 Å². The molecular weight excluding hydrogens is 568 g/mol. The average Bonchev–Trinajstić information content (AvgIpc) is 3.41. The molecule has 1 fully saturated rings. The van der Waals surface area contributed by atoms with Gasteiger partial charge in [0.05, 0.1) is 5.75 Å². The first-order valence-electron chi connectivity index (χ1n) is 12.7. The van der Waals surface area contributed by atoms with Gasteiger partial charge in [-0.25, -0.2) is 0 Å². The standard InChI is InChI=1S/C30H32BrClN2O2S/c31-25-15-13-23(14-16-25)20-37-21-29(35)34(19-24-9-6-10-26(32)17-24)28(18-22-7-2-1-3-8-22)30(36)33-27-11-4-5-12-27/h1-3,6-10,13-17,27-28H,4-5,11-12,18-21H2,(H,33,36)/t28-/m0/s1. The first kappa shape index (κ1) is 27.7. The van der Waals surface area contributed by atoms with Crippen LogP contribution in [0.25, 0.3) is 0 Å². The fourth-order valence-electron chi connectivity index (χ4n) is 4.67. The number of amides is 2. The highest BCUT2D eigenvalue weighted by molar-refractivity contribution is 9.10. The second-order valence-corrected chi connectivity index (χ2v) is 11.8. The van der Waals surface area contributed by atoms with E-state index >= 15 is 0 Å². The maximum atomic E-state index is 13.7. The summed E-state index contributed by atoms with van der Waals surface area (Å²) in [6.45, 7) is 0.327. The van der Waals surface area contributed by atoms with Gasteiger partial charge in [0.1, 0.15) is 6.04 Å². The molecule has 4 nitrogen and oxygen atoms in total. The Labute approximate surface area is 237 Å². The molecule has 3 aromatic carbocycles. The van der Waals surface area contributed by atoms with Gasteiger partial charge in [0.15, 0.2) is 0 Å². The van der Waals surface area contributed by atoms with Crippen molar-refractivity contribution >= 4 is 51.1 Å². The van der Waals surface area contributed by atoms with Crippen molar-refractivity contribution in [3.05, 3.63) is 105 Å². The number of benzene rings is 3. The van der Waals surface area contributed by atoms with Crippen LogP contribution in [0.2, 0.25) is 5.02 Å². The second kappa shape index (κ2) is 14.0. The zero-order valence-electron chi connectivity index (χ0n) is 20.7. The summed E-state index contributed by atoms with van der Waals surface area (Å²) in [5.41, 5.74) is 3.09. The topological polar surface area (TPSA) is 49.4 Å². The first-order valence-corrected chi connectivity index (χ1v) is 15.0. The minimum Gasteiger partial charge on any atom is -0.352 e. The number of hydrogen-bond acceptors (Lipinski definition) is 3. The fourth-order valence-corrected chi connectivity index (χ4v) is 6.02. The van der Waals surface area contributed by atoms with Gasteiger partial charge < -0.3 is 10.2 Å². The highest BCUT2D eigenvalue weighted by Crippen LogP contribution is 2.22. The van der Waals surface area contributed by atoms with E-state index < -0.39 is 6.04 Å². The molecule has 37 heavy (non-hydrogen) atoms. The van der Waals surface area contributed by atoms with Crippen LogP contribution in [0, 0.1) is 0 Å². The molecule has 0 aromatic heterocycles. The van der Waals surface area contributed by atoms with E-state index in [4.69, 9.17) is 11.6 Å². The van der Waals surface area contributed by atoms with E-state index in [1.54, 1.807) is 16.7 Å². The molecule has 0 bridgehead atoms. The van der Waals surface area contributed by atoms with Gasteiger partial charge in [0, 0.05) is 34.3 Å². The molecule has 1 N–H and O–H groups in total. The van der Waals surface area contributed by atoms with Crippen molar-refractivity contribution in [2.75, 3.05) is 5.75 Å². The molecule has 2 amide bonds. The summed E-state index contributed by atoms with van der Waals surface area (Å²) in [5.74, 6) is 0.883. The third kappa shape index (κ3) is 8.62. The van der Waals surface area contributed by atoms with E-state index in [1.165, 1.54) is 0 Å². The van der Waals surface area contributed by atoms with Gasteiger partial charge in [-0.05, 0) is 53.8 Å². The normalized spacial score (nSPS) is 14.3. The molecule has 1 aliphatic carbocycles. The van der Waals surface area contributed by atoms with E-state index in [9.17, 15) is 9.59 Å². The highest BCUT2D eigenvalue weighted by atomic mass is 79.9. The average molecular weight is 600 g/mol. The summed E-state index contributed by atoms with van der Waals surface area (Å²) in [7, 11) is 0. The Morgan fingerprint density at radius 3 is 2.35 bits per heavy atom. The predicted octanol–water partition coefficient (Wildman–Crippen LogP) is 7.03. The van der Waals surface area contributed by atoms with Crippen LogP contribution < -0.4 is 5.32 Å². The maximum Gasteiger partial charge on any atom is 0.243 e. The predicted molar refractivity (Wildman–Crippen MR) is 157 cm³/mol. The minimum atomic E-state index is -0.609. The van der Waals surface area contributed by atoms with Crippen molar-refractivity contribution in [2.45, 2.75) is 56.5 Å². The number of rotatable bonds is 11. The van der Waals surface area contributed by atoms with E-state index in [2.05, 4.69) is 33.4 Å². The first-order chi connectivity index (χ1) is 18.0. The van der Waals surface area contributed by atoms with Crippen LogP contribution in [0.5, 0.6) is 0 Å². The molecule has 1 aliphatic rings. The SMILES string of the molecule is O=C(NC1CCCC1)[C@H](Cc1ccccc1)N(Cc1cccc(Cl)c1)C(=O)CSCc1ccc(Br)cc1. The maximum absolute atomic E-state index is 13.7. The molecule has 0 saturated heterocycles. The number of nitrogens with one attached hydrogen (secondary N) is 1. The molecule has 0 spiro atoms. The van der Waals surface area contributed by atoms with Crippen LogP contribution in [-0.4, -0.2) is 34.6 Å². The Hall–Kier alpha value is -2.28. The van der Waals surface area contributed by atoms with Crippen LogP contribution in [-0.2, 0) is 28.3 Å². The largest absolute Gasteiger partial charge is 0.352 e. The Balaban J connectivity index is 1.56. The second-order valence-electron chi connectivity index (χ2n) is 9.47. The molecule has 0 heterocycles. The summed E-state index contributed by atoms with van der Waals surface area (Å²) in [6.07, 6.45) is 4.71. The van der Waals surface area contributed by atoms with Crippen molar-refractivity contribution < 1.29 is 9.59 Å². The number of carbonyl (C=O) groups excluding carboxylic acids is 2. The van der Waals surface area contributed by atoms with Crippen molar-refractivity contribution in [2.24, 2.45) is 0 Å². The van der Waals surface area contributed by atoms with Crippen LogP contribution in [0.3, 0.4) is 0 Å². The highest BCUT2D eigenvalue weighted by Gasteiger charge is 2.32. The van der Waals surface area contributed by atoms with Gasteiger partial charge in [0.2, 0.25) is 11.8 Å². The molecule has 0 radical (unpaired) electrons. The lowest BCUT2D eigenvalue weighted by molar-refractivity contribution is -0.139. The lowest BCUT2D eigenvalue weighted by Crippen LogP contribution is -2.52.